The first-order chi connectivity index (χ1) is 12.3. The average molecular weight is 366 g/mol. The molecule has 1 N–H and O–H groups in total. The molecule has 0 radical (unpaired) electrons. The van der Waals surface area contributed by atoms with E-state index in [0.717, 1.165) is 11.0 Å². The van der Waals surface area contributed by atoms with Crippen molar-refractivity contribution in [2.24, 2.45) is 17.8 Å². The normalized spacial score (nSPS) is 26.3. The van der Waals surface area contributed by atoms with Gasteiger partial charge in [0.15, 0.2) is 0 Å². The maximum Gasteiger partial charge on any atom is 0.308 e. The van der Waals surface area contributed by atoms with Crippen LogP contribution >= 0.6 is 0 Å². The third-order valence-electron chi connectivity index (χ3n) is 5.00. The first-order valence-corrected chi connectivity index (χ1v) is 8.53. The molecule has 0 aromatic heterocycles. The van der Waals surface area contributed by atoms with Gasteiger partial charge in [0, 0.05) is 32.1 Å². The lowest BCUT2D eigenvalue weighted by Gasteiger charge is -2.36. The lowest BCUT2D eigenvalue weighted by atomic mass is 9.89. The van der Waals surface area contributed by atoms with E-state index < -0.39 is 35.3 Å². The fourth-order valence-corrected chi connectivity index (χ4v) is 3.77. The summed E-state index contributed by atoms with van der Waals surface area (Å²) in [5.41, 5.74) is -0.0536. The number of benzene rings is 1. The molecule has 2 aliphatic rings. The Kier molecular flexibility index (Phi) is 4.93. The second-order valence-corrected chi connectivity index (χ2v) is 7.12. The van der Waals surface area contributed by atoms with Crippen LogP contribution in [0.5, 0.6) is 0 Å². The Morgan fingerprint density at radius 1 is 1.15 bits per heavy atom. The number of carboxylic acids is 1. The maximum absolute atomic E-state index is 14.0. The van der Waals surface area contributed by atoms with E-state index in [-0.39, 0.29) is 37.0 Å². The zero-order valence-corrected chi connectivity index (χ0v) is 14.3. The fraction of sp³-hybridized carbons (Fsp3) is 0.500. The number of anilines is 1. The molecule has 2 fully saturated rings. The third kappa shape index (κ3) is 3.54. The van der Waals surface area contributed by atoms with E-state index in [9.17, 15) is 28.3 Å². The molecule has 0 spiro atoms. The van der Waals surface area contributed by atoms with Gasteiger partial charge in [0.25, 0.3) is 0 Å². The van der Waals surface area contributed by atoms with Gasteiger partial charge in [0.1, 0.15) is 11.6 Å². The average Bonchev–Trinajstić information content (AvgIpc) is 2.95. The fourth-order valence-electron chi connectivity index (χ4n) is 3.77. The minimum Gasteiger partial charge on any atom is -0.481 e. The van der Waals surface area contributed by atoms with Crippen molar-refractivity contribution < 1.29 is 28.3 Å². The minimum absolute atomic E-state index is 0.00282. The Morgan fingerprint density at radius 3 is 2.54 bits per heavy atom. The van der Waals surface area contributed by atoms with Crippen molar-refractivity contribution in [1.82, 2.24) is 4.90 Å². The van der Waals surface area contributed by atoms with E-state index in [4.69, 9.17) is 0 Å². The molecule has 0 saturated carbocycles. The molecule has 0 bridgehead atoms. The van der Waals surface area contributed by atoms with E-state index >= 15 is 0 Å². The number of halogens is 2. The summed E-state index contributed by atoms with van der Waals surface area (Å²) >= 11 is 0. The smallest absolute Gasteiger partial charge is 0.308 e. The minimum atomic E-state index is -0.938. The van der Waals surface area contributed by atoms with Gasteiger partial charge in [-0.05, 0) is 24.5 Å². The second-order valence-electron chi connectivity index (χ2n) is 7.12. The predicted molar refractivity (Wildman–Crippen MR) is 88.3 cm³/mol. The van der Waals surface area contributed by atoms with E-state index in [1.54, 1.807) is 0 Å². The highest BCUT2D eigenvalue weighted by atomic mass is 19.1. The van der Waals surface area contributed by atoms with Crippen LogP contribution in [0.25, 0.3) is 0 Å². The molecule has 2 amide bonds. The number of nitrogens with zero attached hydrogens (tertiary/aromatic N) is 2. The summed E-state index contributed by atoms with van der Waals surface area (Å²) in [6, 6.07) is 2.94. The monoisotopic (exact) mass is 366 g/mol. The number of aliphatic carboxylic acids is 1. The van der Waals surface area contributed by atoms with E-state index in [0.29, 0.717) is 19.0 Å². The van der Waals surface area contributed by atoms with Crippen molar-refractivity contribution in [3.8, 4) is 0 Å². The van der Waals surface area contributed by atoms with Gasteiger partial charge < -0.3 is 14.9 Å². The third-order valence-corrected chi connectivity index (χ3v) is 5.00. The van der Waals surface area contributed by atoms with Crippen molar-refractivity contribution in [2.75, 3.05) is 24.5 Å². The van der Waals surface area contributed by atoms with Crippen molar-refractivity contribution in [3.05, 3.63) is 29.8 Å². The molecule has 1 aromatic rings. The van der Waals surface area contributed by atoms with Crippen LogP contribution in [0.4, 0.5) is 14.5 Å². The van der Waals surface area contributed by atoms with Gasteiger partial charge in [0.2, 0.25) is 11.8 Å². The standard InChI is InChI=1S/C18H20F2N2O4/c1-10-4-12(18(25)26)8-21(7-10)17(24)11-5-16(23)22(9-11)15-3-2-13(19)6-14(15)20/h2-3,6,10-12H,4-5,7-9H2,1H3,(H,25,26). The highest BCUT2D eigenvalue weighted by Gasteiger charge is 2.40. The van der Waals surface area contributed by atoms with Gasteiger partial charge in [-0.15, -0.1) is 0 Å². The van der Waals surface area contributed by atoms with Crippen molar-refractivity contribution in [2.45, 2.75) is 19.8 Å². The summed E-state index contributed by atoms with van der Waals surface area (Å²) < 4.78 is 27.0. The summed E-state index contributed by atoms with van der Waals surface area (Å²) in [4.78, 5) is 38.9. The van der Waals surface area contributed by atoms with Gasteiger partial charge in [-0.3, -0.25) is 14.4 Å². The topological polar surface area (TPSA) is 77.9 Å². The molecular formula is C18H20F2N2O4. The van der Waals surface area contributed by atoms with Crippen LogP contribution in [-0.4, -0.2) is 47.4 Å². The molecule has 140 valence electrons. The van der Waals surface area contributed by atoms with Crippen LogP contribution in [-0.2, 0) is 14.4 Å². The van der Waals surface area contributed by atoms with Crippen LogP contribution in [0.2, 0.25) is 0 Å². The van der Waals surface area contributed by atoms with Crippen LogP contribution < -0.4 is 4.90 Å². The molecule has 2 heterocycles. The molecule has 2 saturated heterocycles. The lowest BCUT2D eigenvalue weighted by Crippen LogP contribution is -2.48. The zero-order chi connectivity index (χ0) is 19.0. The Bertz CT molecular complexity index is 755. The van der Waals surface area contributed by atoms with Gasteiger partial charge in [-0.25, -0.2) is 8.78 Å². The summed E-state index contributed by atoms with van der Waals surface area (Å²) in [7, 11) is 0. The molecule has 1 aromatic carbocycles. The first-order valence-electron chi connectivity index (χ1n) is 8.53. The number of piperidine rings is 1. The SMILES string of the molecule is CC1CC(C(=O)O)CN(C(=O)C2CC(=O)N(c3ccc(F)cc3F)C2)C1. The number of carbonyl (C=O) groups is 3. The molecule has 0 aliphatic carbocycles. The molecule has 6 nitrogen and oxygen atoms in total. The Labute approximate surface area is 149 Å². The Hall–Kier alpha value is -2.51. The molecule has 3 rings (SSSR count). The molecule has 2 aliphatic heterocycles. The van der Waals surface area contributed by atoms with Crippen LogP contribution in [0.15, 0.2) is 18.2 Å². The largest absolute Gasteiger partial charge is 0.481 e. The summed E-state index contributed by atoms with van der Waals surface area (Å²) in [6.07, 6.45) is 0.438. The van der Waals surface area contributed by atoms with Gasteiger partial charge in [0.05, 0.1) is 17.5 Å². The van der Waals surface area contributed by atoms with Crippen LogP contribution in [0, 0.1) is 29.4 Å². The Morgan fingerprint density at radius 2 is 1.88 bits per heavy atom. The molecule has 3 unspecified atom stereocenters. The van der Waals surface area contributed by atoms with Crippen LogP contribution in [0.1, 0.15) is 19.8 Å². The lowest BCUT2D eigenvalue weighted by molar-refractivity contribution is -0.148. The number of amides is 2. The molecule has 8 heteroatoms. The zero-order valence-electron chi connectivity index (χ0n) is 14.3. The summed E-state index contributed by atoms with van der Waals surface area (Å²) in [5, 5.41) is 9.23. The van der Waals surface area contributed by atoms with E-state index in [1.807, 2.05) is 6.92 Å². The predicted octanol–water partition coefficient (Wildman–Crippen LogP) is 1.89. The van der Waals surface area contributed by atoms with Crippen molar-refractivity contribution in [1.29, 1.82) is 0 Å². The molecule has 26 heavy (non-hydrogen) atoms. The maximum atomic E-state index is 14.0. The van der Waals surface area contributed by atoms with Gasteiger partial charge >= 0.3 is 5.97 Å². The van der Waals surface area contributed by atoms with Gasteiger partial charge in [-0.2, -0.15) is 0 Å². The van der Waals surface area contributed by atoms with Crippen molar-refractivity contribution in [3.63, 3.8) is 0 Å². The van der Waals surface area contributed by atoms with Gasteiger partial charge in [-0.1, -0.05) is 6.92 Å². The Balaban J connectivity index is 1.73. The molecule has 3 atom stereocenters. The summed E-state index contributed by atoms with van der Waals surface area (Å²) in [6.45, 7) is 2.45. The quantitative estimate of drug-likeness (QED) is 0.886. The molecular weight excluding hydrogens is 346 g/mol. The summed E-state index contributed by atoms with van der Waals surface area (Å²) in [5.74, 6) is -4.47. The number of carboxylic acid groups (broad SMARTS) is 1. The van der Waals surface area contributed by atoms with Crippen LogP contribution in [0.3, 0.4) is 0 Å². The highest BCUT2D eigenvalue weighted by Crippen LogP contribution is 2.30. The van der Waals surface area contributed by atoms with E-state index in [2.05, 4.69) is 0 Å². The van der Waals surface area contributed by atoms with E-state index in [1.165, 1.54) is 11.0 Å². The number of rotatable bonds is 3. The van der Waals surface area contributed by atoms with Crippen molar-refractivity contribution >= 4 is 23.5 Å². The first kappa shape index (κ1) is 18.3. The number of carbonyl (C=O) groups excluding carboxylic acids is 2. The number of likely N-dealkylation sites (tertiary alicyclic amines) is 1. The second kappa shape index (κ2) is 7.01. The highest BCUT2D eigenvalue weighted by molar-refractivity contribution is 6.00. The number of hydrogen-bond donors (Lipinski definition) is 1. The number of hydrogen-bond acceptors (Lipinski definition) is 3.